The summed E-state index contributed by atoms with van der Waals surface area (Å²) < 4.78 is 5.51. The lowest BCUT2D eigenvalue weighted by atomic mass is 10.1. The largest absolute Gasteiger partial charge is 0.374 e. The van der Waals surface area contributed by atoms with Gasteiger partial charge in [-0.15, -0.1) is 11.3 Å². The number of ether oxygens (including phenoxy) is 1. The van der Waals surface area contributed by atoms with Gasteiger partial charge in [0.05, 0.1) is 5.69 Å². The highest BCUT2D eigenvalue weighted by Gasteiger charge is 2.18. The van der Waals surface area contributed by atoms with Crippen LogP contribution >= 0.6 is 11.3 Å². The molecule has 0 bridgehead atoms. The maximum absolute atomic E-state index is 5.51. The maximum atomic E-state index is 5.51. The molecule has 0 radical (unpaired) electrons. The van der Waals surface area contributed by atoms with Gasteiger partial charge >= 0.3 is 0 Å². The molecule has 1 rings (SSSR count). The molecule has 4 heteroatoms. The monoisotopic (exact) mass is 284 g/mol. The van der Waals surface area contributed by atoms with Gasteiger partial charge in [-0.1, -0.05) is 34.6 Å². The zero-order valence-electron chi connectivity index (χ0n) is 13.1. The molecule has 0 spiro atoms. The van der Waals surface area contributed by atoms with Crippen molar-refractivity contribution in [3.63, 3.8) is 0 Å². The van der Waals surface area contributed by atoms with E-state index in [4.69, 9.17) is 9.72 Å². The SMILES string of the molecule is CCC(OC)c1nc(CC(C)C)c(CNC(C)C)s1. The van der Waals surface area contributed by atoms with Crippen molar-refractivity contribution in [1.29, 1.82) is 0 Å². The average molecular weight is 284 g/mol. The van der Waals surface area contributed by atoms with Gasteiger partial charge in [-0.05, 0) is 18.8 Å². The molecule has 0 amide bonds. The van der Waals surface area contributed by atoms with E-state index < -0.39 is 0 Å². The van der Waals surface area contributed by atoms with Crippen LogP contribution in [0.3, 0.4) is 0 Å². The van der Waals surface area contributed by atoms with Crippen molar-refractivity contribution in [2.45, 2.75) is 66.2 Å². The Balaban J connectivity index is 2.90. The van der Waals surface area contributed by atoms with Crippen LogP contribution in [0.25, 0.3) is 0 Å². The first-order valence-electron chi connectivity index (χ1n) is 7.22. The van der Waals surface area contributed by atoms with Gasteiger partial charge in [0.25, 0.3) is 0 Å². The summed E-state index contributed by atoms with van der Waals surface area (Å²) in [5.41, 5.74) is 1.25. The lowest BCUT2D eigenvalue weighted by Gasteiger charge is -2.08. The van der Waals surface area contributed by atoms with Crippen molar-refractivity contribution in [3.8, 4) is 0 Å². The van der Waals surface area contributed by atoms with E-state index >= 15 is 0 Å². The van der Waals surface area contributed by atoms with Gasteiger partial charge < -0.3 is 10.1 Å². The molecule has 1 unspecified atom stereocenters. The lowest BCUT2D eigenvalue weighted by Crippen LogP contribution is -2.22. The molecule has 0 saturated heterocycles. The Labute approximate surface area is 121 Å². The minimum atomic E-state index is 0.142. The number of rotatable bonds is 8. The summed E-state index contributed by atoms with van der Waals surface area (Å²) in [5.74, 6) is 0.635. The van der Waals surface area contributed by atoms with Gasteiger partial charge in [0.2, 0.25) is 0 Å². The van der Waals surface area contributed by atoms with Gasteiger partial charge in [0, 0.05) is 24.6 Å². The normalized spacial score (nSPS) is 13.5. The molecule has 19 heavy (non-hydrogen) atoms. The van der Waals surface area contributed by atoms with E-state index in [9.17, 15) is 0 Å². The molecule has 1 N–H and O–H groups in total. The number of nitrogens with zero attached hydrogens (tertiary/aromatic N) is 1. The van der Waals surface area contributed by atoms with E-state index in [0.717, 1.165) is 24.4 Å². The first kappa shape index (κ1) is 16.6. The number of nitrogens with one attached hydrogen (secondary N) is 1. The number of hydrogen-bond acceptors (Lipinski definition) is 4. The first-order valence-corrected chi connectivity index (χ1v) is 8.04. The maximum Gasteiger partial charge on any atom is 0.122 e. The van der Waals surface area contributed by atoms with Gasteiger partial charge in [-0.3, -0.25) is 0 Å². The van der Waals surface area contributed by atoms with E-state index in [-0.39, 0.29) is 6.10 Å². The first-order chi connectivity index (χ1) is 8.97. The summed E-state index contributed by atoms with van der Waals surface area (Å²) in [5, 5.41) is 4.62. The van der Waals surface area contributed by atoms with Crippen molar-refractivity contribution in [1.82, 2.24) is 10.3 Å². The second-order valence-corrected chi connectivity index (χ2v) is 6.80. The highest BCUT2D eigenvalue weighted by atomic mass is 32.1. The van der Waals surface area contributed by atoms with Crippen molar-refractivity contribution >= 4 is 11.3 Å². The average Bonchev–Trinajstić information content (AvgIpc) is 2.70. The molecule has 0 saturated carbocycles. The van der Waals surface area contributed by atoms with Crippen LogP contribution in [0.1, 0.15) is 62.7 Å². The van der Waals surface area contributed by atoms with Crippen LogP contribution in [-0.2, 0) is 17.7 Å². The minimum absolute atomic E-state index is 0.142. The summed E-state index contributed by atoms with van der Waals surface area (Å²) in [7, 11) is 1.77. The van der Waals surface area contributed by atoms with E-state index in [1.807, 2.05) is 0 Å². The Morgan fingerprint density at radius 1 is 1.26 bits per heavy atom. The van der Waals surface area contributed by atoms with Crippen LogP contribution in [0.4, 0.5) is 0 Å². The Kier molecular flexibility index (Phi) is 6.97. The van der Waals surface area contributed by atoms with Crippen LogP contribution in [0.15, 0.2) is 0 Å². The van der Waals surface area contributed by atoms with Crippen molar-refractivity contribution in [2.75, 3.05) is 7.11 Å². The predicted molar refractivity (Wildman–Crippen MR) is 82.7 cm³/mol. The highest BCUT2D eigenvalue weighted by molar-refractivity contribution is 7.11. The summed E-state index contributed by atoms with van der Waals surface area (Å²) in [4.78, 5) is 6.19. The third-order valence-electron chi connectivity index (χ3n) is 3.00. The summed E-state index contributed by atoms with van der Waals surface area (Å²) in [6.45, 7) is 11.9. The molecule has 0 aromatic carbocycles. The number of thiazole rings is 1. The van der Waals surface area contributed by atoms with Crippen LogP contribution in [0.5, 0.6) is 0 Å². The molecule has 3 nitrogen and oxygen atoms in total. The third-order valence-corrected chi connectivity index (χ3v) is 4.19. The second-order valence-electron chi connectivity index (χ2n) is 5.69. The van der Waals surface area contributed by atoms with Gasteiger partial charge in [-0.2, -0.15) is 0 Å². The molecular formula is C15H28N2OS. The third kappa shape index (κ3) is 5.21. The van der Waals surface area contributed by atoms with Gasteiger partial charge in [0.15, 0.2) is 0 Å². The summed E-state index contributed by atoms with van der Waals surface area (Å²) in [6, 6.07) is 0.502. The van der Waals surface area contributed by atoms with Crippen LogP contribution < -0.4 is 5.32 Å². The number of aromatic nitrogens is 1. The Hall–Kier alpha value is -0.450. The second kappa shape index (κ2) is 7.98. The predicted octanol–water partition coefficient (Wildman–Crippen LogP) is 3.94. The fraction of sp³-hybridized carbons (Fsp3) is 0.800. The van der Waals surface area contributed by atoms with Crippen molar-refractivity contribution in [3.05, 3.63) is 15.6 Å². The standard InChI is InChI=1S/C15H28N2OS/c1-7-13(18-6)15-17-12(8-10(2)3)14(19-15)9-16-11(4)5/h10-11,13,16H,7-9H2,1-6H3. The quantitative estimate of drug-likeness (QED) is 0.785. The van der Waals surface area contributed by atoms with E-state index in [1.165, 1.54) is 10.6 Å². The molecule has 1 aromatic heterocycles. The molecule has 0 aliphatic rings. The zero-order chi connectivity index (χ0) is 14.4. The van der Waals surface area contributed by atoms with Crippen molar-refractivity contribution in [2.24, 2.45) is 5.92 Å². The summed E-state index contributed by atoms with van der Waals surface area (Å²) in [6.07, 6.45) is 2.16. The van der Waals surface area contributed by atoms with E-state index in [2.05, 4.69) is 39.9 Å². The Morgan fingerprint density at radius 3 is 2.42 bits per heavy atom. The molecule has 1 atom stereocenters. The smallest absolute Gasteiger partial charge is 0.122 e. The van der Waals surface area contributed by atoms with Crippen LogP contribution in [0, 0.1) is 5.92 Å². The molecular weight excluding hydrogens is 256 g/mol. The van der Waals surface area contributed by atoms with E-state index in [1.54, 1.807) is 18.4 Å². The molecule has 1 aromatic rings. The Morgan fingerprint density at radius 2 is 1.95 bits per heavy atom. The van der Waals surface area contributed by atoms with Crippen molar-refractivity contribution < 1.29 is 4.74 Å². The van der Waals surface area contributed by atoms with Crippen LogP contribution in [-0.4, -0.2) is 18.1 Å². The minimum Gasteiger partial charge on any atom is -0.374 e. The van der Waals surface area contributed by atoms with Gasteiger partial charge in [0.1, 0.15) is 11.1 Å². The number of hydrogen-bond donors (Lipinski definition) is 1. The fourth-order valence-corrected chi connectivity index (χ4v) is 3.17. The molecule has 0 aliphatic carbocycles. The van der Waals surface area contributed by atoms with E-state index in [0.29, 0.717) is 12.0 Å². The fourth-order valence-electron chi connectivity index (χ4n) is 1.96. The molecule has 0 aliphatic heterocycles. The highest BCUT2D eigenvalue weighted by Crippen LogP contribution is 2.29. The topological polar surface area (TPSA) is 34.1 Å². The number of methoxy groups -OCH3 is 1. The zero-order valence-corrected chi connectivity index (χ0v) is 13.9. The molecule has 0 fully saturated rings. The molecule has 1 heterocycles. The van der Waals surface area contributed by atoms with Gasteiger partial charge in [-0.25, -0.2) is 4.98 Å². The molecule has 110 valence electrons. The lowest BCUT2D eigenvalue weighted by molar-refractivity contribution is 0.0996. The van der Waals surface area contributed by atoms with Crippen LogP contribution in [0.2, 0.25) is 0 Å². The Bertz CT molecular complexity index is 370. The summed E-state index contributed by atoms with van der Waals surface area (Å²) >= 11 is 1.80.